The van der Waals surface area contributed by atoms with Crippen molar-refractivity contribution in [3.05, 3.63) is 0 Å². The Hall–Kier alpha value is -0.160. The van der Waals surface area contributed by atoms with Crippen LogP contribution >= 0.6 is 0 Å². The van der Waals surface area contributed by atoms with E-state index in [1.54, 1.807) is 14.2 Å². The molecule has 19 heavy (non-hydrogen) atoms. The Morgan fingerprint density at radius 1 is 1.16 bits per heavy atom. The van der Waals surface area contributed by atoms with Gasteiger partial charge in [-0.2, -0.15) is 0 Å². The fraction of sp³-hybridized carbons (Fsp3) is 1.00. The highest BCUT2D eigenvalue weighted by molar-refractivity contribution is 4.90. The summed E-state index contributed by atoms with van der Waals surface area (Å²) in [4.78, 5) is 2.60. The van der Waals surface area contributed by atoms with Gasteiger partial charge in [-0.15, -0.1) is 0 Å². The Bertz CT molecular complexity index is 255. The third-order valence-electron chi connectivity index (χ3n) is 4.43. The minimum Gasteiger partial charge on any atom is -0.383 e. The van der Waals surface area contributed by atoms with Crippen molar-refractivity contribution < 1.29 is 9.47 Å². The van der Waals surface area contributed by atoms with E-state index >= 15 is 0 Å². The predicted molar refractivity (Wildman–Crippen MR) is 77.5 cm³/mol. The lowest BCUT2D eigenvalue weighted by molar-refractivity contribution is 0.0378. The Balaban J connectivity index is 1.88. The van der Waals surface area contributed by atoms with E-state index in [-0.39, 0.29) is 0 Å². The molecule has 2 atom stereocenters. The van der Waals surface area contributed by atoms with E-state index in [9.17, 15) is 0 Å². The highest BCUT2D eigenvalue weighted by atomic mass is 16.5. The van der Waals surface area contributed by atoms with Crippen LogP contribution in [0.2, 0.25) is 0 Å². The lowest BCUT2D eigenvalue weighted by Gasteiger charge is -2.36. The maximum atomic E-state index is 5.45. The maximum Gasteiger partial charge on any atom is 0.0630 e. The third-order valence-corrected chi connectivity index (χ3v) is 4.43. The van der Waals surface area contributed by atoms with E-state index < -0.39 is 0 Å². The first-order valence-corrected chi connectivity index (χ1v) is 7.73. The number of rotatable bonds is 11. The summed E-state index contributed by atoms with van der Waals surface area (Å²) in [6, 6.07) is 1.88. The second-order valence-electron chi connectivity index (χ2n) is 6.10. The van der Waals surface area contributed by atoms with E-state index in [0.29, 0.717) is 12.1 Å². The summed E-state index contributed by atoms with van der Waals surface area (Å²) in [6.45, 7) is 6.03. The summed E-state index contributed by atoms with van der Waals surface area (Å²) < 4.78 is 10.7. The molecule has 2 saturated carbocycles. The first-order chi connectivity index (χ1) is 9.26. The van der Waals surface area contributed by atoms with Crippen LogP contribution in [0.3, 0.4) is 0 Å². The van der Waals surface area contributed by atoms with Crippen molar-refractivity contribution in [2.45, 2.75) is 50.7 Å². The molecule has 0 spiro atoms. The van der Waals surface area contributed by atoms with Crippen LogP contribution in [-0.4, -0.2) is 63.5 Å². The average molecular weight is 270 g/mol. The Morgan fingerprint density at radius 3 is 2.42 bits per heavy atom. The molecule has 0 saturated heterocycles. The molecule has 0 aromatic heterocycles. The number of hydrogen-bond donors (Lipinski definition) is 1. The summed E-state index contributed by atoms with van der Waals surface area (Å²) in [5, 5.41) is 3.65. The molecule has 0 amide bonds. The van der Waals surface area contributed by atoms with Crippen LogP contribution in [0, 0.1) is 5.92 Å². The van der Waals surface area contributed by atoms with E-state index in [2.05, 4.69) is 17.1 Å². The lowest BCUT2D eigenvalue weighted by Crippen LogP contribution is -2.51. The molecule has 0 aliphatic heterocycles. The first kappa shape index (κ1) is 15.2. The molecule has 0 aromatic rings. The fourth-order valence-corrected chi connectivity index (χ4v) is 2.82. The highest BCUT2D eigenvalue weighted by Gasteiger charge is 2.35. The van der Waals surface area contributed by atoms with Crippen LogP contribution in [0.15, 0.2) is 0 Å². The van der Waals surface area contributed by atoms with Crippen molar-refractivity contribution in [1.29, 1.82) is 0 Å². The molecule has 4 nitrogen and oxygen atoms in total. The first-order valence-electron chi connectivity index (χ1n) is 7.73. The van der Waals surface area contributed by atoms with Gasteiger partial charge in [-0.3, -0.25) is 4.90 Å². The zero-order chi connectivity index (χ0) is 13.7. The largest absolute Gasteiger partial charge is 0.383 e. The van der Waals surface area contributed by atoms with Crippen molar-refractivity contribution in [1.82, 2.24) is 10.2 Å². The molecule has 0 heterocycles. The van der Waals surface area contributed by atoms with Gasteiger partial charge >= 0.3 is 0 Å². The van der Waals surface area contributed by atoms with E-state index in [4.69, 9.17) is 9.47 Å². The molecule has 2 aliphatic carbocycles. The highest BCUT2D eigenvalue weighted by Crippen LogP contribution is 2.35. The van der Waals surface area contributed by atoms with Crippen molar-refractivity contribution in [3.63, 3.8) is 0 Å². The molecule has 0 radical (unpaired) electrons. The Morgan fingerprint density at radius 2 is 1.89 bits per heavy atom. The minimum atomic E-state index is 0.469. The molecule has 2 rings (SSSR count). The quantitative estimate of drug-likeness (QED) is 0.617. The summed E-state index contributed by atoms with van der Waals surface area (Å²) in [5.74, 6) is 0.886. The monoisotopic (exact) mass is 270 g/mol. The summed E-state index contributed by atoms with van der Waals surface area (Å²) in [6.07, 6.45) is 5.46. The van der Waals surface area contributed by atoms with Gasteiger partial charge in [0.25, 0.3) is 0 Å². The van der Waals surface area contributed by atoms with Gasteiger partial charge in [0, 0.05) is 45.4 Å². The van der Waals surface area contributed by atoms with Crippen LogP contribution in [0.4, 0.5) is 0 Å². The fourth-order valence-electron chi connectivity index (χ4n) is 2.82. The predicted octanol–water partition coefficient (Wildman–Crippen LogP) is 1.50. The van der Waals surface area contributed by atoms with Gasteiger partial charge in [-0.25, -0.2) is 0 Å². The van der Waals surface area contributed by atoms with Gasteiger partial charge in [0.05, 0.1) is 13.2 Å². The third kappa shape index (κ3) is 5.03. The van der Waals surface area contributed by atoms with Crippen LogP contribution in [-0.2, 0) is 9.47 Å². The SMILES string of the molecule is COCCN(C(CNC1CC1)COC)C(C)C1CC1. The minimum absolute atomic E-state index is 0.469. The van der Waals surface area contributed by atoms with Crippen LogP contribution in [0.5, 0.6) is 0 Å². The number of ether oxygens (including phenoxy) is 2. The molecule has 0 bridgehead atoms. The van der Waals surface area contributed by atoms with Gasteiger partial charge in [0.15, 0.2) is 0 Å². The summed E-state index contributed by atoms with van der Waals surface area (Å²) in [7, 11) is 3.59. The molecular weight excluding hydrogens is 240 g/mol. The zero-order valence-corrected chi connectivity index (χ0v) is 12.7. The Labute approximate surface area is 117 Å². The van der Waals surface area contributed by atoms with Crippen LogP contribution < -0.4 is 5.32 Å². The van der Waals surface area contributed by atoms with Gasteiger partial charge in [-0.05, 0) is 38.5 Å². The van der Waals surface area contributed by atoms with Crippen molar-refractivity contribution >= 4 is 0 Å². The van der Waals surface area contributed by atoms with Crippen LogP contribution in [0.1, 0.15) is 32.6 Å². The van der Waals surface area contributed by atoms with E-state index in [1.165, 1.54) is 25.7 Å². The van der Waals surface area contributed by atoms with Crippen molar-refractivity contribution in [2.24, 2.45) is 5.92 Å². The molecular formula is C15H30N2O2. The summed E-state index contributed by atoms with van der Waals surface area (Å²) >= 11 is 0. The van der Waals surface area contributed by atoms with Gasteiger partial charge in [0.1, 0.15) is 0 Å². The number of hydrogen-bond acceptors (Lipinski definition) is 4. The number of nitrogens with one attached hydrogen (secondary N) is 1. The van der Waals surface area contributed by atoms with Crippen molar-refractivity contribution in [3.8, 4) is 0 Å². The van der Waals surface area contributed by atoms with Gasteiger partial charge in [-0.1, -0.05) is 0 Å². The topological polar surface area (TPSA) is 33.7 Å². The summed E-state index contributed by atoms with van der Waals surface area (Å²) in [5.41, 5.74) is 0. The van der Waals surface area contributed by atoms with E-state index in [1.807, 2.05) is 0 Å². The molecule has 112 valence electrons. The molecule has 2 aliphatic rings. The van der Waals surface area contributed by atoms with E-state index in [0.717, 1.165) is 38.3 Å². The normalized spacial score (nSPS) is 22.7. The molecule has 2 fully saturated rings. The number of methoxy groups -OCH3 is 2. The average Bonchev–Trinajstić information content (AvgIpc) is 3.29. The molecule has 2 unspecified atom stereocenters. The molecule has 4 heteroatoms. The smallest absolute Gasteiger partial charge is 0.0630 e. The number of nitrogens with zero attached hydrogens (tertiary/aromatic N) is 1. The van der Waals surface area contributed by atoms with Gasteiger partial charge in [0.2, 0.25) is 0 Å². The Kier molecular flexibility index (Phi) is 6.07. The second kappa shape index (κ2) is 7.58. The maximum absolute atomic E-state index is 5.45. The zero-order valence-electron chi connectivity index (χ0n) is 12.7. The van der Waals surface area contributed by atoms with Crippen LogP contribution in [0.25, 0.3) is 0 Å². The molecule has 1 N–H and O–H groups in total. The van der Waals surface area contributed by atoms with Crippen molar-refractivity contribution in [2.75, 3.05) is 40.5 Å². The second-order valence-corrected chi connectivity index (χ2v) is 6.10. The lowest BCUT2D eigenvalue weighted by atomic mass is 10.1. The molecule has 0 aromatic carbocycles. The standard InChI is InChI=1S/C15H30N2O2/c1-12(13-4-5-13)17(8-9-18-2)15(11-19-3)10-16-14-6-7-14/h12-16H,4-11H2,1-3H3. The van der Waals surface area contributed by atoms with Gasteiger partial charge < -0.3 is 14.8 Å².